The lowest BCUT2D eigenvalue weighted by molar-refractivity contribution is -0.119. The minimum atomic E-state index is -4.63. The summed E-state index contributed by atoms with van der Waals surface area (Å²) in [6.45, 7) is 2.05. The molecule has 41 heavy (non-hydrogen) atoms. The number of halogens is 3. The summed E-state index contributed by atoms with van der Waals surface area (Å²) in [6, 6.07) is 12.1. The van der Waals surface area contributed by atoms with Crippen LogP contribution in [0.2, 0.25) is 15.1 Å². The summed E-state index contributed by atoms with van der Waals surface area (Å²) in [7, 11) is -0.262. The lowest BCUT2D eigenvalue weighted by Crippen LogP contribution is -2.54. The molecule has 1 amide bonds. The van der Waals surface area contributed by atoms with Crippen molar-refractivity contribution in [2.45, 2.75) is 23.3 Å². The van der Waals surface area contributed by atoms with Crippen LogP contribution in [0.1, 0.15) is 34.3 Å². The van der Waals surface area contributed by atoms with Crippen LogP contribution in [0.3, 0.4) is 0 Å². The van der Waals surface area contributed by atoms with Crippen LogP contribution in [0.4, 0.5) is 0 Å². The maximum absolute atomic E-state index is 13.9. The summed E-state index contributed by atoms with van der Waals surface area (Å²) in [5.74, 6) is -0.157. The lowest BCUT2D eigenvalue weighted by Gasteiger charge is -2.47. The largest absolute Gasteiger partial charge is 0.493 e. The Labute approximate surface area is 253 Å². The molecule has 0 radical (unpaired) electrons. The molecule has 0 aliphatic carbocycles. The molecule has 2 atom stereocenters. The second-order valence-electron chi connectivity index (χ2n) is 9.39. The summed E-state index contributed by atoms with van der Waals surface area (Å²) in [5.41, 5.74) is -0.304. The Morgan fingerprint density at radius 1 is 0.976 bits per heavy atom. The zero-order valence-electron chi connectivity index (χ0n) is 22.6. The van der Waals surface area contributed by atoms with Crippen molar-refractivity contribution in [1.29, 1.82) is 0 Å². The summed E-state index contributed by atoms with van der Waals surface area (Å²) < 4.78 is 57.4. The Morgan fingerprint density at radius 2 is 1.63 bits per heavy atom. The van der Waals surface area contributed by atoms with Crippen LogP contribution in [0.15, 0.2) is 53.4 Å². The number of nitrogens with zero attached hydrogens (tertiary/aromatic N) is 1. The number of hydrogen-bond donors (Lipinski definition) is 1. The fraction of sp³-hybridized carbons (Fsp3) is 0.321. The monoisotopic (exact) mass is 643 g/mol. The molecule has 1 aliphatic rings. The summed E-state index contributed by atoms with van der Waals surface area (Å²) in [5, 5.41) is 0.805. The minimum Gasteiger partial charge on any atom is -0.493 e. The van der Waals surface area contributed by atoms with E-state index in [1.165, 1.54) is 39.5 Å². The van der Waals surface area contributed by atoms with Crippen LogP contribution >= 0.6 is 34.8 Å². The van der Waals surface area contributed by atoms with E-state index in [9.17, 15) is 17.8 Å². The Kier molecular flexibility index (Phi) is 9.32. The van der Waals surface area contributed by atoms with Crippen molar-refractivity contribution in [3.8, 4) is 17.2 Å². The fourth-order valence-electron chi connectivity index (χ4n) is 5.10. The Balaban J connectivity index is 1.87. The fourth-order valence-corrected chi connectivity index (χ4v) is 6.35. The minimum absolute atomic E-state index is 0.0148. The van der Waals surface area contributed by atoms with Crippen molar-refractivity contribution in [1.82, 2.24) is 4.90 Å². The highest BCUT2D eigenvalue weighted by Gasteiger charge is 2.47. The number of amides is 1. The van der Waals surface area contributed by atoms with Crippen LogP contribution in [-0.4, -0.2) is 64.8 Å². The van der Waals surface area contributed by atoms with E-state index in [2.05, 4.69) is 0 Å². The molecule has 3 aromatic rings. The SMILES string of the molecule is COc1cc(C(=O)N2CCOC(c3ccc(Cl)c(Cl)c3)(C(C)c3cc(Cl)ccc3S(=O)(=O)O)C2)cc(OC)c1OC. The first-order valence-electron chi connectivity index (χ1n) is 12.3. The van der Waals surface area contributed by atoms with Gasteiger partial charge in [-0.25, -0.2) is 0 Å². The number of hydrogen-bond acceptors (Lipinski definition) is 7. The van der Waals surface area contributed by atoms with Crippen LogP contribution in [0.25, 0.3) is 0 Å². The van der Waals surface area contributed by atoms with Gasteiger partial charge in [0, 0.05) is 23.0 Å². The van der Waals surface area contributed by atoms with Crippen LogP contribution < -0.4 is 14.2 Å². The summed E-state index contributed by atoms with van der Waals surface area (Å²) in [4.78, 5) is 15.2. The molecule has 2 unspecified atom stereocenters. The van der Waals surface area contributed by atoms with E-state index in [4.69, 9.17) is 53.8 Å². The second kappa shape index (κ2) is 12.2. The Morgan fingerprint density at radius 3 is 2.20 bits per heavy atom. The maximum atomic E-state index is 13.9. The first-order valence-corrected chi connectivity index (χ1v) is 14.9. The number of carbonyl (C=O) groups excluding carboxylic acids is 1. The van der Waals surface area contributed by atoms with Gasteiger partial charge in [-0.15, -0.1) is 0 Å². The average molecular weight is 645 g/mol. The Bertz CT molecular complexity index is 1560. The van der Waals surface area contributed by atoms with E-state index in [1.54, 1.807) is 42.2 Å². The number of carbonyl (C=O) groups is 1. The van der Waals surface area contributed by atoms with Gasteiger partial charge in [-0.1, -0.05) is 47.8 Å². The van der Waals surface area contributed by atoms with Crippen molar-refractivity contribution in [3.63, 3.8) is 0 Å². The molecule has 0 spiro atoms. The lowest BCUT2D eigenvalue weighted by atomic mass is 9.77. The van der Waals surface area contributed by atoms with Gasteiger partial charge in [-0.2, -0.15) is 8.42 Å². The third-order valence-electron chi connectivity index (χ3n) is 7.17. The predicted molar refractivity (Wildman–Crippen MR) is 156 cm³/mol. The molecular weight excluding hydrogens is 617 g/mol. The molecule has 3 aromatic carbocycles. The van der Waals surface area contributed by atoms with E-state index in [1.807, 2.05) is 0 Å². The molecule has 1 saturated heterocycles. The Hall–Kier alpha value is -2.73. The van der Waals surface area contributed by atoms with Gasteiger partial charge in [0.2, 0.25) is 5.75 Å². The average Bonchev–Trinajstić information content (AvgIpc) is 2.96. The van der Waals surface area contributed by atoms with Crippen molar-refractivity contribution in [2.24, 2.45) is 0 Å². The summed E-state index contributed by atoms with van der Waals surface area (Å²) >= 11 is 18.9. The molecule has 1 N–H and O–H groups in total. The molecular formula is C28H28Cl3NO8S. The molecule has 4 rings (SSSR count). The van der Waals surface area contributed by atoms with Crippen molar-refractivity contribution in [3.05, 3.63) is 80.3 Å². The van der Waals surface area contributed by atoms with Gasteiger partial charge in [0.05, 0.1) is 49.4 Å². The molecule has 1 aliphatic heterocycles. The van der Waals surface area contributed by atoms with Gasteiger partial charge in [0.25, 0.3) is 16.0 Å². The normalized spacial score (nSPS) is 18.1. The quantitative estimate of drug-likeness (QED) is 0.293. The molecule has 13 heteroatoms. The highest BCUT2D eigenvalue weighted by molar-refractivity contribution is 7.85. The van der Waals surface area contributed by atoms with Crippen LogP contribution in [-0.2, 0) is 20.5 Å². The standard InChI is InChI=1S/C28H28Cl3NO8S/c1-16(20-14-19(29)6-8-25(20)41(34,35)36)28(18-5-7-21(30)22(31)13-18)15-32(9-10-40-28)27(33)17-11-23(37-2)26(39-4)24(12-17)38-3/h5-8,11-14,16H,9-10,15H2,1-4H3,(H,34,35,36). The molecule has 0 bridgehead atoms. The van der Waals surface area contributed by atoms with E-state index in [0.29, 0.717) is 27.8 Å². The molecule has 0 aromatic heterocycles. The highest BCUT2D eigenvalue weighted by atomic mass is 35.5. The number of rotatable bonds is 8. The van der Waals surface area contributed by atoms with Gasteiger partial charge >= 0.3 is 0 Å². The third kappa shape index (κ3) is 6.09. The maximum Gasteiger partial charge on any atom is 0.294 e. The van der Waals surface area contributed by atoms with Gasteiger partial charge in [-0.05, 0) is 53.6 Å². The first-order chi connectivity index (χ1) is 19.4. The molecule has 1 fully saturated rings. The summed E-state index contributed by atoms with van der Waals surface area (Å²) in [6.07, 6.45) is 0. The zero-order valence-corrected chi connectivity index (χ0v) is 25.7. The second-order valence-corrected chi connectivity index (χ2v) is 12.0. The van der Waals surface area contributed by atoms with Crippen molar-refractivity contribution in [2.75, 3.05) is 41.0 Å². The van der Waals surface area contributed by atoms with Gasteiger partial charge in [0.1, 0.15) is 5.60 Å². The number of ether oxygens (including phenoxy) is 4. The molecule has 9 nitrogen and oxygen atoms in total. The topological polar surface area (TPSA) is 112 Å². The zero-order chi connectivity index (χ0) is 30.1. The highest BCUT2D eigenvalue weighted by Crippen LogP contribution is 2.47. The van der Waals surface area contributed by atoms with Crippen LogP contribution in [0.5, 0.6) is 17.2 Å². The first kappa shape index (κ1) is 31.2. The number of morpholine rings is 1. The predicted octanol–water partition coefficient (Wildman–Crippen LogP) is 6.09. The van der Waals surface area contributed by atoms with Crippen molar-refractivity contribution >= 4 is 50.8 Å². The molecule has 220 valence electrons. The van der Waals surface area contributed by atoms with Gasteiger partial charge in [0.15, 0.2) is 11.5 Å². The van der Waals surface area contributed by atoms with Crippen LogP contribution in [0, 0.1) is 0 Å². The van der Waals surface area contributed by atoms with E-state index >= 15 is 0 Å². The van der Waals surface area contributed by atoms with E-state index < -0.39 is 21.6 Å². The molecule has 0 saturated carbocycles. The molecule has 1 heterocycles. The van der Waals surface area contributed by atoms with Gasteiger partial charge in [-0.3, -0.25) is 9.35 Å². The van der Waals surface area contributed by atoms with E-state index in [-0.39, 0.29) is 51.7 Å². The smallest absolute Gasteiger partial charge is 0.294 e. The van der Waals surface area contributed by atoms with Gasteiger partial charge < -0.3 is 23.8 Å². The number of methoxy groups -OCH3 is 3. The number of benzene rings is 3. The van der Waals surface area contributed by atoms with E-state index in [0.717, 1.165) is 0 Å². The third-order valence-corrected chi connectivity index (χ3v) is 9.07. The van der Waals surface area contributed by atoms with Crippen molar-refractivity contribution < 1.29 is 36.7 Å².